The van der Waals surface area contributed by atoms with Crippen molar-refractivity contribution in [3.8, 4) is 11.1 Å². The lowest BCUT2D eigenvalue weighted by Crippen LogP contribution is -2.23. The first-order valence-electron chi connectivity index (χ1n) is 10.0. The van der Waals surface area contributed by atoms with E-state index in [1.807, 2.05) is 38.4 Å². The number of hydrogen-bond donors (Lipinski definition) is 0. The summed E-state index contributed by atoms with van der Waals surface area (Å²) in [4.78, 5) is 22.5. The molecule has 6 heteroatoms. The number of aromatic nitrogens is 4. The van der Waals surface area contributed by atoms with Crippen LogP contribution in [0.2, 0.25) is 0 Å². The van der Waals surface area contributed by atoms with Gasteiger partial charge >= 0.3 is 0 Å². The molecule has 1 aliphatic heterocycles. The van der Waals surface area contributed by atoms with Crippen molar-refractivity contribution >= 4 is 16.9 Å². The van der Waals surface area contributed by atoms with Gasteiger partial charge in [-0.1, -0.05) is 18.2 Å². The highest BCUT2D eigenvalue weighted by molar-refractivity contribution is 5.97. The predicted molar refractivity (Wildman–Crippen MR) is 106 cm³/mol. The SMILES string of the molecule is [2H]C1([2H])c2ncccc2C(=O)N1Cc1ccc(-c2cnc3nn(C)cc3c2)cc1C. The third-order valence-corrected chi connectivity index (χ3v) is 5.00. The summed E-state index contributed by atoms with van der Waals surface area (Å²) in [5.74, 6) is -0.335. The van der Waals surface area contributed by atoms with E-state index in [4.69, 9.17) is 2.74 Å². The van der Waals surface area contributed by atoms with Crippen LogP contribution < -0.4 is 0 Å². The Morgan fingerprint density at radius 2 is 2.07 bits per heavy atom. The van der Waals surface area contributed by atoms with Crippen molar-refractivity contribution in [2.45, 2.75) is 20.0 Å². The summed E-state index contributed by atoms with van der Waals surface area (Å²) in [5.41, 5.74) is 5.07. The van der Waals surface area contributed by atoms with E-state index in [9.17, 15) is 4.79 Å². The molecular weight excluding hydrogens is 350 g/mol. The van der Waals surface area contributed by atoms with Crippen LogP contribution in [0, 0.1) is 6.92 Å². The highest BCUT2D eigenvalue weighted by Gasteiger charge is 2.28. The molecule has 1 aromatic carbocycles. The number of fused-ring (bicyclic) bond motifs is 2. The van der Waals surface area contributed by atoms with Gasteiger partial charge in [-0.25, -0.2) is 4.98 Å². The molecule has 1 aliphatic rings. The van der Waals surface area contributed by atoms with Crippen LogP contribution in [-0.4, -0.2) is 30.6 Å². The van der Waals surface area contributed by atoms with Crippen LogP contribution in [0.3, 0.4) is 0 Å². The molecule has 4 heterocycles. The molecule has 138 valence electrons. The highest BCUT2D eigenvalue weighted by Crippen LogP contribution is 2.27. The molecular formula is C22H19N5O. The quantitative estimate of drug-likeness (QED) is 0.553. The topological polar surface area (TPSA) is 63.9 Å². The van der Waals surface area contributed by atoms with E-state index in [0.29, 0.717) is 11.2 Å². The summed E-state index contributed by atoms with van der Waals surface area (Å²) in [7, 11) is 1.87. The van der Waals surface area contributed by atoms with Crippen LogP contribution in [0.1, 0.15) is 29.9 Å². The molecule has 4 aromatic rings. The molecule has 0 saturated heterocycles. The zero-order chi connectivity index (χ0) is 21.0. The lowest BCUT2D eigenvalue weighted by atomic mass is 10.00. The molecule has 6 nitrogen and oxygen atoms in total. The summed E-state index contributed by atoms with van der Waals surface area (Å²) in [6, 6.07) is 11.3. The molecule has 5 rings (SSSR count). The molecule has 0 spiro atoms. The number of carbonyl (C=O) groups is 1. The second-order valence-corrected chi connectivity index (χ2v) is 6.98. The first kappa shape index (κ1) is 14.5. The van der Waals surface area contributed by atoms with Crippen molar-refractivity contribution in [3.63, 3.8) is 0 Å². The minimum absolute atomic E-state index is 0.175. The van der Waals surface area contributed by atoms with Crippen molar-refractivity contribution in [2.75, 3.05) is 0 Å². The van der Waals surface area contributed by atoms with Gasteiger partial charge in [0.15, 0.2) is 5.65 Å². The number of aryl methyl sites for hydroxylation is 2. The fraction of sp³-hybridized carbons (Fsp3) is 0.182. The number of rotatable bonds is 3. The summed E-state index contributed by atoms with van der Waals surface area (Å²) in [6.07, 6.45) is 5.25. The van der Waals surface area contributed by atoms with Gasteiger partial charge in [-0.2, -0.15) is 5.10 Å². The second-order valence-electron chi connectivity index (χ2n) is 6.98. The molecule has 0 bridgehead atoms. The van der Waals surface area contributed by atoms with Gasteiger partial charge in [0, 0.05) is 43.1 Å². The Balaban J connectivity index is 1.46. The van der Waals surface area contributed by atoms with Crippen molar-refractivity contribution in [2.24, 2.45) is 7.05 Å². The van der Waals surface area contributed by atoms with Crippen LogP contribution in [-0.2, 0) is 20.1 Å². The number of nitrogens with zero attached hydrogens (tertiary/aromatic N) is 5. The van der Waals surface area contributed by atoms with E-state index in [-0.39, 0.29) is 18.1 Å². The molecule has 0 radical (unpaired) electrons. The Bertz CT molecular complexity index is 1310. The molecule has 0 fully saturated rings. The molecule has 0 aliphatic carbocycles. The van der Waals surface area contributed by atoms with E-state index in [0.717, 1.165) is 27.6 Å². The van der Waals surface area contributed by atoms with Gasteiger partial charge in [0.2, 0.25) is 0 Å². The van der Waals surface area contributed by atoms with Gasteiger partial charge < -0.3 is 4.90 Å². The lowest BCUT2D eigenvalue weighted by Gasteiger charge is -2.17. The molecule has 28 heavy (non-hydrogen) atoms. The molecule has 0 saturated carbocycles. The van der Waals surface area contributed by atoms with Crippen molar-refractivity contribution < 1.29 is 7.54 Å². The molecule has 1 amide bonds. The monoisotopic (exact) mass is 371 g/mol. The minimum atomic E-state index is -1.94. The Labute approximate surface area is 165 Å². The van der Waals surface area contributed by atoms with Crippen LogP contribution in [0.15, 0.2) is 55.0 Å². The Morgan fingerprint density at radius 3 is 2.89 bits per heavy atom. The third kappa shape index (κ3) is 2.74. The summed E-state index contributed by atoms with van der Waals surface area (Å²) in [5, 5.41) is 5.27. The number of benzene rings is 1. The summed E-state index contributed by atoms with van der Waals surface area (Å²) < 4.78 is 18.6. The van der Waals surface area contributed by atoms with Crippen molar-refractivity contribution in [1.82, 2.24) is 24.6 Å². The standard InChI is InChI=1S/C22H19N5O/c1-14-8-15(17-9-18-11-26(2)25-21(18)24-10-17)5-6-16(14)12-27-13-20-19(22(27)28)4-3-7-23-20/h3-11H,12-13H2,1-2H3/i13D2. The number of carbonyl (C=O) groups excluding carboxylic acids is 1. The van der Waals surface area contributed by atoms with Gasteiger partial charge in [0.05, 0.1) is 20.5 Å². The maximum atomic E-state index is 12.8. The van der Waals surface area contributed by atoms with E-state index in [1.54, 1.807) is 23.0 Å². The van der Waals surface area contributed by atoms with Gasteiger partial charge in [0.1, 0.15) is 0 Å². The Morgan fingerprint density at radius 1 is 1.18 bits per heavy atom. The maximum absolute atomic E-state index is 12.8. The van der Waals surface area contributed by atoms with Crippen LogP contribution in [0.25, 0.3) is 22.2 Å². The maximum Gasteiger partial charge on any atom is 0.256 e. The van der Waals surface area contributed by atoms with Crippen molar-refractivity contribution in [3.05, 3.63) is 77.4 Å². The van der Waals surface area contributed by atoms with E-state index in [1.165, 1.54) is 11.1 Å². The normalized spacial score (nSPS) is 16.2. The van der Waals surface area contributed by atoms with Crippen LogP contribution in [0.5, 0.6) is 0 Å². The van der Waals surface area contributed by atoms with Gasteiger partial charge in [-0.05, 0) is 41.8 Å². The fourth-order valence-corrected chi connectivity index (χ4v) is 3.52. The average molecular weight is 371 g/mol. The molecule has 3 aromatic heterocycles. The minimum Gasteiger partial charge on any atom is -0.328 e. The first-order valence-corrected chi connectivity index (χ1v) is 9.01. The number of hydrogen-bond acceptors (Lipinski definition) is 4. The molecule has 0 unspecified atom stereocenters. The lowest BCUT2D eigenvalue weighted by molar-refractivity contribution is 0.0766. The zero-order valence-corrected chi connectivity index (χ0v) is 15.5. The second kappa shape index (κ2) is 6.27. The number of pyridine rings is 2. The fourth-order valence-electron chi connectivity index (χ4n) is 3.52. The summed E-state index contributed by atoms with van der Waals surface area (Å²) >= 11 is 0. The number of amides is 1. The van der Waals surface area contributed by atoms with Gasteiger partial charge in [0.25, 0.3) is 5.91 Å². The van der Waals surface area contributed by atoms with Gasteiger partial charge in [-0.3, -0.25) is 14.5 Å². The van der Waals surface area contributed by atoms with Gasteiger partial charge in [-0.15, -0.1) is 0 Å². The average Bonchev–Trinajstić information content (AvgIpc) is 3.19. The zero-order valence-electron chi connectivity index (χ0n) is 17.5. The third-order valence-electron chi connectivity index (χ3n) is 5.00. The predicted octanol–water partition coefficient (Wildman–Crippen LogP) is 3.49. The smallest absolute Gasteiger partial charge is 0.256 e. The van der Waals surface area contributed by atoms with E-state index >= 15 is 0 Å². The summed E-state index contributed by atoms with van der Waals surface area (Å²) in [6.45, 7) is 0.207. The Hall–Kier alpha value is -3.54. The van der Waals surface area contributed by atoms with Crippen LogP contribution in [0.4, 0.5) is 0 Å². The van der Waals surface area contributed by atoms with Crippen molar-refractivity contribution in [1.29, 1.82) is 0 Å². The highest BCUT2D eigenvalue weighted by atomic mass is 16.2. The van der Waals surface area contributed by atoms with E-state index < -0.39 is 6.50 Å². The largest absolute Gasteiger partial charge is 0.328 e. The van der Waals surface area contributed by atoms with E-state index in [2.05, 4.69) is 21.1 Å². The van der Waals surface area contributed by atoms with Crippen LogP contribution >= 0.6 is 0 Å². The molecule has 0 N–H and O–H groups in total. The first-order chi connectivity index (χ1) is 14.3. The Kier molecular flexibility index (Phi) is 3.25. The molecule has 0 atom stereocenters.